The molecule has 98 valence electrons. The molecule has 5 heteroatoms. The predicted octanol–water partition coefficient (Wildman–Crippen LogP) is 1.61. The van der Waals surface area contributed by atoms with Crippen LogP contribution in [0.5, 0.6) is 5.75 Å². The Morgan fingerprint density at radius 2 is 2.11 bits per heavy atom. The van der Waals surface area contributed by atoms with Crippen LogP contribution in [-0.4, -0.2) is 32.4 Å². The maximum absolute atomic E-state index is 11.5. The monoisotopic (exact) mass is 251 g/mol. The van der Waals surface area contributed by atoms with Crippen LogP contribution in [0, 0.1) is 0 Å². The Morgan fingerprint density at radius 1 is 1.39 bits per heavy atom. The molecule has 0 aromatic heterocycles. The summed E-state index contributed by atoms with van der Waals surface area (Å²) in [7, 11) is 1.33. The van der Waals surface area contributed by atoms with Crippen molar-refractivity contribution in [2.24, 2.45) is 0 Å². The maximum Gasteiger partial charge on any atom is 0.340 e. The van der Waals surface area contributed by atoms with E-state index in [4.69, 9.17) is 15.2 Å². The Hall–Kier alpha value is -1.75. The van der Waals surface area contributed by atoms with E-state index >= 15 is 0 Å². The first-order valence-electron chi connectivity index (χ1n) is 5.93. The molecule has 2 rings (SSSR count). The molecule has 0 saturated carbocycles. The van der Waals surface area contributed by atoms with Gasteiger partial charge in [0.05, 0.1) is 31.6 Å². The molecule has 1 aromatic carbocycles. The van der Waals surface area contributed by atoms with E-state index in [0.717, 1.165) is 12.8 Å². The van der Waals surface area contributed by atoms with Gasteiger partial charge in [0.15, 0.2) is 0 Å². The fraction of sp³-hybridized carbons (Fsp3) is 0.462. The summed E-state index contributed by atoms with van der Waals surface area (Å²) in [4.78, 5) is 11.5. The summed E-state index contributed by atoms with van der Waals surface area (Å²) in [6.45, 7) is 1.39. The number of methoxy groups -OCH3 is 1. The van der Waals surface area contributed by atoms with Crippen LogP contribution < -0.4 is 10.5 Å². The van der Waals surface area contributed by atoms with Crippen molar-refractivity contribution in [3.8, 4) is 5.75 Å². The van der Waals surface area contributed by atoms with Gasteiger partial charge < -0.3 is 19.9 Å². The van der Waals surface area contributed by atoms with Crippen molar-refractivity contribution in [2.75, 3.05) is 26.1 Å². The van der Waals surface area contributed by atoms with E-state index in [2.05, 4.69) is 4.74 Å². The number of para-hydroxylation sites is 1. The van der Waals surface area contributed by atoms with E-state index in [-0.39, 0.29) is 6.10 Å². The first kappa shape index (κ1) is 12.7. The zero-order chi connectivity index (χ0) is 13.0. The van der Waals surface area contributed by atoms with Crippen LogP contribution in [0.3, 0.4) is 0 Å². The van der Waals surface area contributed by atoms with Crippen molar-refractivity contribution >= 4 is 11.7 Å². The normalized spacial score (nSPS) is 16.3. The van der Waals surface area contributed by atoms with Crippen LogP contribution in [0.4, 0.5) is 5.69 Å². The minimum absolute atomic E-state index is 0.0916. The van der Waals surface area contributed by atoms with Gasteiger partial charge in [0.25, 0.3) is 0 Å². The summed E-state index contributed by atoms with van der Waals surface area (Å²) in [6, 6.07) is 5.12. The summed E-state index contributed by atoms with van der Waals surface area (Å²) in [5.74, 6) is 0.0785. The first-order valence-corrected chi connectivity index (χ1v) is 5.93. The minimum atomic E-state index is -0.454. The maximum atomic E-state index is 11.5. The number of carbonyl (C=O) groups excluding carboxylic acids is 1. The van der Waals surface area contributed by atoms with Gasteiger partial charge in [-0.15, -0.1) is 0 Å². The van der Waals surface area contributed by atoms with Gasteiger partial charge in [-0.3, -0.25) is 0 Å². The number of nitrogen functional groups attached to an aromatic ring is 1. The van der Waals surface area contributed by atoms with E-state index in [1.807, 2.05) is 0 Å². The number of benzene rings is 1. The SMILES string of the molecule is COC(=O)c1cccc(OC2CCOCC2)c1N. The molecule has 1 aliphatic heterocycles. The number of anilines is 1. The van der Waals surface area contributed by atoms with Crippen molar-refractivity contribution in [3.63, 3.8) is 0 Å². The van der Waals surface area contributed by atoms with Gasteiger partial charge in [0, 0.05) is 12.8 Å². The second-order valence-electron chi connectivity index (χ2n) is 4.14. The molecular weight excluding hydrogens is 234 g/mol. The number of nitrogens with two attached hydrogens (primary N) is 1. The highest BCUT2D eigenvalue weighted by molar-refractivity contribution is 5.96. The molecule has 1 heterocycles. The fourth-order valence-electron chi connectivity index (χ4n) is 1.91. The van der Waals surface area contributed by atoms with Gasteiger partial charge in [0.1, 0.15) is 11.9 Å². The summed E-state index contributed by atoms with van der Waals surface area (Å²) >= 11 is 0. The van der Waals surface area contributed by atoms with Crippen molar-refractivity contribution < 1.29 is 19.0 Å². The van der Waals surface area contributed by atoms with Gasteiger partial charge in [0.2, 0.25) is 0 Å². The Bertz CT molecular complexity index is 427. The first-order chi connectivity index (χ1) is 8.72. The van der Waals surface area contributed by atoms with Crippen LogP contribution >= 0.6 is 0 Å². The Kier molecular flexibility index (Phi) is 4.04. The topological polar surface area (TPSA) is 70.8 Å². The summed E-state index contributed by atoms with van der Waals surface area (Å²) in [5.41, 5.74) is 6.58. The zero-order valence-corrected chi connectivity index (χ0v) is 10.3. The smallest absolute Gasteiger partial charge is 0.340 e. The van der Waals surface area contributed by atoms with E-state index in [1.54, 1.807) is 18.2 Å². The summed E-state index contributed by atoms with van der Waals surface area (Å²) < 4.78 is 15.7. The van der Waals surface area contributed by atoms with Gasteiger partial charge in [-0.2, -0.15) is 0 Å². The molecular formula is C13H17NO4. The number of esters is 1. The number of carbonyl (C=O) groups is 1. The molecule has 0 bridgehead atoms. The lowest BCUT2D eigenvalue weighted by Gasteiger charge is -2.24. The van der Waals surface area contributed by atoms with Gasteiger partial charge in [-0.25, -0.2) is 4.79 Å². The minimum Gasteiger partial charge on any atom is -0.488 e. The number of hydrogen-bond donors (Lipinski definition) is 1. The van der Waals surface area contributed by atoms with Crippen molar-refractivity contribution in [1.82, 2.24) is 0 Å². The standard InChI is InChI=1S/C13H17NO4/c1-16-13(15)10-3-2-4-11(12(10)14)18-9-5-7-17-8-6-9/h2-4,9H,5-8,14H2,1H3. The largest absolute Gasteiger partial charge is 0.488 e. The van der Waals surface area contributed by atoms with E-state index < -0.39 is 5.97 Å². The third-order valence-corrected chi connectivity index (χ3v) is 2.93. The quantitative estimate of drug-likeness (QED) is 0.653. The molecule has 0 unspecified atom stereocenters. The highest BCUT2D eigenvalue weighted by atomic mass is 16.5. The molecule has 1 saturated heterocycles. The molecule has 2 N–H and O–H groups in total. The Balaban J connectivity index is 2.15. The second kappa shape index (κ2) is 5.73. The summed E-state index contributed by atoms with van der Waals surface area (Å²) in [5, 5.41) is 0. The van der Waals surface area contributed by atoms with Crippen molar-refractivity contribution in [2.45, 2.75) is 18.9 Å². The van der Waals surface area contributed by atoms with Gasteiger partial charge in [-0.05, 0) is 12.1 Å². The molecule has 0 amide bonds. The van der Waals surface area contributed by atoms with Crippen LogP contribution in [0.2, 0.25) is 0 Å². The molecule has 1 aromatic rings. The molecule has 1 aliphatic rings. The molecule has 18 heavy (non-hydrogen) atoms. The van der Waals surface area contributed by atoms with Crippen LogP contribution in [0.1, 0.15) is 23.2 Å². The van der Waals surface area contributed by atoms with Crippen LogP contribution in [0.15, 0.2) is 18.2 Å². The third kappa shape index (κ3) is 2.73. The van der Waals surface area contributed by atoms with E-state index in [9.17, 15) is 4.79 Å². The summed E-state index contributed by atoms with van der Waals surface area (Å²) in [6.07, 6.45) is 1.76. The van der Waals surface area contributed by atoms with Gasteiger partial charge in [-0.1, -0.05) is 6.07 Å². The Morgan fingerprint density at radius 3 is 2.78 bits per heavy atom. The molecule has 0 radical (unpaired) electrons. The number of rotatable bonds is 3. The van der Waals surface area contributed by atoms with Crippen molar-refractivity contribution in [1.29, 1.82) is 0 Å². The lowest BCUT2D eigenvalue weighted by atomic mass is 10.1. The molecule has 0 atom stereocenters. The average Bonchev–Trinajstić information content (AvgIpc) is 2.41. The van der Waals surface area contributed by atoms with E-state index in [1.165, 1.54) is 7.11 Å². The molecule has 0 spiro atoms. The predicted molar refractivity (Wildman–Crippen MR) is 66.7 cm³/mol. The fourth-order valence-corrected chi connectivity index (χ4v) is 1.91. The van der Waals surface area contributed by atoms with Gasteiger partial charge >= 0.3 is 5.97 Å². The zero-order valence-electron chi connectivity index (χ0n) is 10.3. The van der Waals surface area contributed by atoms with E-state index in [0.29, 0.717) is 30.2 Å². The van der Waals surface area contributed by atoms with Crippen LogP contribution in [0.25, 0.3) is 0 Å². The molecule has 1 fully saturated rings. The highest BCUT2D eigenvalue weighted by Crippen LogP contribution is 2.28. The third-order valence-electron chi connectivity index (χ3n) is 2.93. The van der Waals surface area contributed by atoms with Crippen LogP contribution in [-0.2, 0) is 9.47 Å². The Labute approximate surface area is 106 Å². The average molecular weight is 251 g/mol. The van der Waals surface area contributed by atoms with Crippen molar-refractivity contribution in [3.05, 3.63) is 23.8 Å². The lowest BCUT2D eigenvalue weighted by molar-refractivity contribution is 0.0257. The lowest BCUT2D eigenvalue weighted by Crippen LogP contribution is -2.26. The number of hydrogen-bond acceptors (Lipinski definition) is 5. The molecule has 0 aliphatic carbocycles. The molecule has 5 nitrogen and oxygen atoms in total. The highest BCUT2D eigenvalue weighted by Gasteiger charge is 2.19. The second-order valence-corrected chi connectivity index (χ2v) is 4.14. The number of ether oxygens (including phenoxy) is 3.